The highest BCUT2D eigenvalue weighted by Gasteiger charge is 2.25. The first-order valence-corrected chi connectivity index (χ1v) is 5.14. The number of rotatable bonds is 2. The molecular formula is C10H19N3. The van der Waals surface area contributed by atoms with Gasteiger partial charge in [-0.05, 0) is 38.9 Å². The summed E-state index contributed by atoms with van der Waals surface area (Å²) in [6, 6.07) is 0.647. The first kappa shape index (κ1) is 9.03. The first-order valence-electron chi connectivity index (χ1n) is 5.14. The van der Waals surface area contributed by atoms with Gasteiger partial charge in [0, 0.05) is 12.2 Å². The third-order valence-electron chi connectivity index (χ3n) is 2.73. The summed E-state index contributed by atoms with van der Waals surface area (Å²) in [5, 5.41) is 2.21. The summed E-state index contributed by atoms with van der Waals surface area (Å²) in [5.74, 6) is 0. The van der Waals surface area contributed by atoms with Crippen molar-refractivity contribution in [3.63, 3.8) is 0 Å². The molecule has 1 heterocycles. The number of hydrogen-bond acceptors (Lipinski definition) is 3. The van der Waals surface area contributed by atoms with Crippen LogP contribution in [-0.2, 0) is 0 Å². The van der Waals surface area contributed by atoms with Crippen molar-refractivity contribution in [2.45, 2.75) is 31.7 Å². The fourth-order valence-corrected chi connectivity index (χ4v) is 2.16. The molecule has 3 nitrogen and oxygen atoms in total. The molecule has 13 heavy (non-hydrogen) atoms. The zero-order valence-corrected chi connectivity index (χ0v) is 8.58. The van der Waals surface area contributed by atoms with Crippen LogP contribution in [0.3, 0.4) is 0 Å². The smallest absolute Gasteiger partial charge is 0.0852 e. The normalized spacial score (nSPS) is 27.8. The van der Waals surface area contributed by atoms with Gasteiger partial charge in [0.1, 0.15) is 0 Å². The SMILES string of the molecule is CN(C)CN1C=C2CCCCC2N1. The van der Waals surface area contributed by atoms with Crippen molar-refractivity contribution in [3.8, 4) is 0 Å². The Labute approximate surface area is 80.4 Å². The largest absolute Gasteiger partial charge is 0.301 e. The van der Waals surface area contributed by atoms with Gasteiger partial charge in [-0.1, -0.05) is 6.42 Å². The van der Waals surface area contributed by atoms with Gasteiger partial charge in [-0.25, -0.2) is 5.43 Å². The zero-order chi connectivity index (χ0) is 9.26. The lowest BCUT2D eigenvalue weighted by atomic mass is 9.92. The molecule has 1 fully saturated rings. The maximum atomic E-state index is 3.52. The summed E-state index contributed by atoms with van der Waals surface area (Å²) in [5.41, 5.74) is 5.13. The number of nitrogens with one attached hydrogen (secondary N) is 1. The Hall–Kier alpha value is -0.540. The molecule has 3 heteroatoms. The van der Waals surface area contributed by atoms with Gasteiger partial charge >= 0.3 is 0 Å². The van der Waals surface area contributed by atoms with Crippen molar-refractivity contribution in [2.24, 2.45) is 0 Å². The number of hydrazine groups is 1. The lowest BCUT2D eigenvalue weighted by Crippen LogP contribution is -2.41. The first-order chi connectivity index (χ1) is 6.25. The van der Waals surface area contributed by atoms with Gasteiger partial charge < -0.3 is 5.01 Å². The van der Waals surface area contributed by atoms with E-state index in [0.717, 1.165) is 6.67 Å². The summed E-state index contributed by atoms with van der Waals surface area (Å²) in [6.45, 7) is 0.972. The summed E-state index contributed by atoms with van der Waals surface area (Å²) in [4.78, 5) is 2.18. The van der Waals surface area contributed by atoms with Crippen LogP contribution in [-0.4, -0.2) is 36.7 Å². The molecule has 1 atom stereocenters. The molecule has 0 bridgehead atoms. The van der Waals surface area contributed by atoms with Gasteiger partial charge in [0.15, 0.2) is 0 Å². The Kier molecular flexibility index (Phi) is 2.56. The van der Waals surface area contributed by atoms with E-state index in [1.54, 1.807) is 5.57 Å². The molecule has 0 spiro atoms. The molecule has 0 aromatic rings. The van der Waals surface area contributed by atoms with Gasteiger partial charge in [0.05, 0.1) is 6.67 Å². The summed E-state index contributed by atoms with van der Waals surface area (Å²) < 4.78 is 0. The van der Waals surface area contributed by atoms with Crippen LogP contribution in [0, 0.1) is 0 Å². The number of nitrogens with zero attached hydrogens (tertiary/aromatic N) is 2. The number of fused-ring (bicyclic) bond motifs is 1. The molecule has 0 aromatic carbocycles. The van der Waals surface area contributed by atoms with E-state index in [2.05, 4.69) is 35.6 Å². The molecule has 2 rings (SSSR count). The Morgan fingerprint density at radius 2 is 2.38 bits per heavy atom. The van der Waals surface area contributed by atoms with Crippen molar-refractivity contribution in [2.75, 3.05) is 20.8 Å². The third kappa shape index (κ3) is 2.03. The maximum absolute atomic E-state index is 3.52. The van der Waals surface area contributed by atoms with Crippen LogP contribution in [0.5, 0.6) is 0 Å². The van der Waals surface area contributed by atoms with Gasteiger partial charge in [-0.3, -0.25) is 4.90 Å². The lowest BCUT2D eigenvalue weighted by molar-refractivity contribution is 0.175. The van der Waals surface area contributed by atoms with Gasteiger partial charge in [0.2, 0.25) is 0 Å². The van der Waals surface area contributed by atoms with E-state index in [1.165, 1.54) is 25.7 Å². The van der Waals surface area contributed by atoms with Gasteiger partial charge in [-0.2, -0.15) is 0 Å². The van der Waals surface area contributed by atoms with Crippen LogP contribution in [0.4, 0.5) is 0 Å². The summed E-state index contributed by atoms with van der Waals surface area (Å²) in [7, 11) is 4.20. The monoisotopic (exact) mass is 181 g/mol. The maximum Gasteiger partial charge on any atom is 0.0852 e. The van der Waals surface area contributed by atoms with Crippen molar-refractivity contribution < 1.29 is 0 Å². The van der Waals surface area contributed by atoms with Crippen molar-refractivity contribution in [3.05, 3.63) is 11.8 Å². The molecule has 0 radical (unpaired) electrons. The lowest BCUT2D eigenvalue weighted by Gasteiger charge is -2.24. The Morgan fingerprint density at radius 1 is 1.54 bits per heavy atom. The van der Waals surface area contributed by atoms with E-state index < -0.39 is 0 Å². The second-order valence-electron chi connectivity index (χ2n) is 4.32. The van der Waals surface area contributed by atoms with Crippen LogP contribution in [0.2, 0.25) is 0 Å². The second-order valence-corrected chi connectivity index (χ2v) is 4.32. The van der Waals surface area contributed by atoms with Crippen LogP contribution in [0.15, 0.2) is 11.8 Å². The highest BCUT2D eigenvalue weighted by molar-refractivity contribution is 5.16. The topological polar surface area (TPSA) is 18.5 Å². The average Bonchev–Trinajstić information content (AvgIpc) is 2.44. The summed E-state index contributed by atoms with van der Waals surface area (Å²) in [6.07, 6.45) is 7.66. The minimum atomic E-state index is 0.647. The van der Waals surface area contributed by atoms with E-state index >= 15 is 0 Å². The Bertz CT molecular complexity index is 210. The fraction of sp³-hybridized carbons (Fsp3) is 0.800. The van der Waals surface area contributed by atoms with Crippen molar-refractivity contribution >= 4 is 0 Å². The van der Waals surface area contributed by atoms with E-state index in [9.17, 15) is 0 Å². The predicted octanol–water partition coefficient (Wildman–Crippen LogP) is 1.15. The third-order valence-corrected chi connectivity index (χ3v) is 2.73. The molecule has 0 aromatic heterocycles. The quantitative estimate of drug-likeness (QED) is 0.689. The predicted molar refractivity (Wildman–Crippen MR) is 53.9 cm³/mol. The molecule has 1 aliphatic carbocycles. The second kappa shape index (κ2) is 3.68. The van der Waals surface area contributed by atoms with Crippen LogP contribution in [0.1, 0.15) is 25.7 Å². The Morgan fingerprint density at radius 3 is 3.08 bits per heavy atom. The average molecular weight is 181 g/mol. The Balaban J connectivity index is 1.93. The molecule has 0 saturated heterocycles. The van der Waals surface area contributed by atoms with E-state index in [4.69, 9.17) is 0 Å². The van der Waals surface area contributed by atoms with Gasteiger partial charge in [-0.15, -0.1) is 0 Å². The molecule has 2 aliphatic rings. The molecule has 0 amide bonds. The van der Waals surface area contributed by atoms with Crippen LogP contribution in [0.25, 0.3) is 0 Å². The van der Waals surface area contributed by atoms with E-state index in [-0.39, 0.29) is 0 Å². The highest BCUT2D eigenvalue weighted by atomic mass is 15.6. The molecule has 74 valence electrons. The minimum Gasteiger partial charge on any atom is -0.301 e. The molecular weight excluding hydrogens is 162 g/mol. The van der Waals surface area contributed by atoms with E-state index in [0.29, 0.717) is 6.04 Å². The highest BCUT2D eigenvalue weighted by Crippen LogP contribution is 2.27. The van der Waals surface area contributed by atoms with Crippen LogP contribution < -0.4 is 5.43 Å². The zero-order valence-electron chi connectivity index (χ0n) is 8.58. The fourth-order valence-electron chi connectivity index (χ4n) is 2.16. The van der Waals surface area contributed by atoms with Crippen molar-refractivity contribution in [1.82, 2.24) is 15.3 Å². The summed E-state index contributed by atoms with van der Waals surface area (Å²) >= 11 is 0. The van der Waals surface area contributed by atoms with E-state index in [1.807, 2.05) is 0 Å². The molecule has 1 saturated carbocycles. The molecule has 1 unspecified atom stereocenters. The molecule has 1 aliphatic heterocycles. The minimum absolute atomic E-state index is 0.647. The van der Waals surface area contributed by atoms with Gasteiger partial charge in [0.25, 0.3) is 0 Å². The standard InChI is InChI=1S/C10H19N3/c1-12(2)8-13-7-9-5-3-4-6-10(9)11-13/h7,10-11H,3-6,8H2,1-2H3. The number of hydrogen-bond donors (Lipinski definition) is 1. The van der Waals surface area contributed by atoms with Crippen molar-refractivity contribution in [1.29, 1.82) is 0 Å². The van der Waals surface area contributed by atoms with Crippen LogP contribution >= 0.6 is 0 Å². The molecule has 1 N–H and O–H groups in total.